The lowest BCUT2D eigenvalue weighted by molar-refractivity contribution is 0.0937. The van der Waals surface area contributed by atoms with Crippen molar-refractivity contribution in [2.45, 2.75) is 25.4 Å². The number of nitrogens with one attached hydrogen (secondary N) is 2. The highest BCUT2D eigenvalue weighted by molar-refractivity contribution is 7.92. The zero-order valence-electron chi connectivity index (χ0n) is 17.3. The van der Waals surface area contributed by atoms with Crippen molar-refractivity contribution in [3.63, 3.8) is 0 Å². The van der Waals surface area contributed by atoms with Gasteiger partial charge in [0.25, 0.3) is 5.91 Å². The molecule has 1 aliphatic rings. The fourth-order valence-electron chi connectivity index (χ4n) is 3.64. The van der Waals surface area contributed by atoms with Crippen LogP contribution in [0.3, 0.4) is 0 Å². The van der Waals surface area contributed by atoms with Crippen molar-refractivity contribution in [1.29, 1.82) is 0 Å². The topological polar surface area (TPSA) is 87.7 Å². The first-order chi connectivity index (χ1) is 14.7. The third-order valence-corrected chi connectivity index (χ3v) is 6.03. The number of carbonyl (C=O) groups is 1. The van der Waals surface area contributed by atoms with E-state index in [1.165, 1.54) is 31.4 Å². The Labute approximate surface area is 186 Å². The largest absolute Gasteiger partial charge is 0.496 e. The minimum Gasteiger partial charge on any atom is -0.496 e. The van der Waals surface area contributed by atoms with E-state index >= 15 is 0 Å². The predicted molar refractivity (Wildman–Crippen MR) is 119 cm³/mol. The lowest BCUT2D eigenvalue weighted by atomic mass is 10.1. The number of amides is 1. The summed E-state index contributed by atoms with van der Waals surface area (Å²) in [6, 6.07) is 9.31. The molecule has 0 radical (unpaired) electrons. The molecule has 1 fully saturated rings. The lowest BCUT2D eigenvalue weighted by Gasteiger charge is -2.25. The summed E-state index contributed by atoms with van der Waals surface area (Å²) in [4.78, 5) is 15.1. The van der Waals surface area contributed by atoms with E-state index in [2.05, 4.69) is 14.9 Å². The number of hydrogen-bond acceptors (Lipinski definition) is 5. The van der Waals surface area contributed by atoms with Gasteiger partial charge in [-0.25, -0.2) is 12.8 Å². The summed E-state index contributed by atoms with van der Waals surface area (Å²) in [5.74, 6) is -0.412. The predicted octanol–water partition coefficient (Wildman–Crippen LogP) is 3.25. The molecule has 0 aromatic heterocycles. The molecule has 0 aliphatic carbocycles. The normalized spacial score (nSPS) is 16.8. The molecule has 168 valence electrons. The number of carbonyl (C=O) groups excluding carboxylic acids is 1. The molecule has 1 amide bonds. The van der Waals surface area contributed by atoms with E-state index in [0.717, 1.165) is 31.2 Å². The van der Waals surface area contributed by atoms with Gasteiger partial charge in [-0.2, -0.15) is 0 Å². The summed E-state index contributed by atoms with van der Waals surface area (Å²) >= 11 is 6.11. The van der Waals surface area contributed by atoms with Gasteiger partial charge in [-0.15, -0.1) is 0 Å². The van der Waals surface area contributed by atoms with Crippen LogP contribution in [-0.4, -0.2) is 51.7 Å². The Kier molecular flexibility index (Phi) is 7.40. The van der Waals surface area contributed by atoms with Gasteiger partial charge in [-0.1, -0.05) is 23.7 Å². The second-order valence-corrected chi connectivity index (χ2v) is 9.67. The highest BCUT2D eigenvalue weighted by Crippen LogP contribution is 2.31. The summed E-state index contributed by atoms with van der Waals surface area (Å²) in [6.45, 7) is 1.98. The number of nitrogens with zero attached hydrogens (tertiary/aromatic N) is 1. The summed E-state index contributed by atoms with van der Waals surface area (Å²) in [7, 11) is -2.15. The van der Waals surface area contributed by atoms with E-state index < -0.39 is 15.9 Å². The average Bonchev–Trinajstić information content (AvgIpc) is 3.15. The van der Waals surface area contributed by atoms with Crippen LogP contribution in [0.4, 0.5) is 10.1 Å². The molecule has 3 rings (SSSR count). The molecule has 0 bridgehead atoms. The molecule has 7 nitrogen and oxygen atoms in total. The van der Waals surface area contributed by atoms with E-state index in [1.54, 1.807) is 12.1 Å². The number of likely N-dealkylation sites (tertiary alicyclic amines) is 1. The Hall–Kier alpha value is -2.36. The van der Waals surface area contributed by atoms with Crippen LogP contribution in [0, 0.1) is 5.82 Å². The van der Waals surface area contributed by atoms with Crippen LogP contribution in [0.1, 0.15) is 28.8 Å². The van der Waals surface area contributed by atoms with Gasteiger partial charge in [0.05, 0.1) is 29.6 Å². The molecule has 1 unspecified atom stereocenters. The monoisotopic (exact) mass is 469 g/mol. The maximum absolute atomic E-state index is 13.1. The Morgan fingerprint density at radius 1 is 1.29 bits per heavy atom. The second kappa shape index (κ2) is 9.84. The molecule has 2 aromatic rings. The van der Waals surface area contributed by atoms with E-state index in [-0.39, 0.29) is 33.9 Å². The molecular weight excluding hydrogens is 445 g/mol. The van der Waals surface area contributed by atoms with Gasteiger partial charge in [-0.3, -0.25) is 14.4 Å². The number of anilines is 1. The minimum absolute atomic E-state index is 0.105. The highest BCUT2D eigenvalue weighted by Gasteiger charge is 2.26. The number of ether oxygens (including phenoxy) is 1. The molecule has 1 saturated heterocycles. The molecule has 2 aromatic carbocycles. The van der Waals surface area contributed by atoms with Crippen molar-refractivity contribution in [3.05, 3.63) is 58.4 Å². The van der Waals surface area contributed by atoms with E-state index in [9.17, 15) is 17.6 Å². The van der Waals surface area contributed by atoms with Gasteiger partial charge in [0.2, 0.25) is 10.0 Å². The van der Waals surface area contributed by atoms with Crippen LogP contribution >= 0.6 is 11.6 Å². The van der Waals surface area contributed by atoms with Crippen LogP contribution in [0.5, 0.6) is 5.75 Å². The van der Waals surface area contributed by atoms with Gasteiger partial charge in [0.1, 0.15) is 11.6 Å². The van der Waals surface area contributed by atoms with Gasteiger partial charge < -0.3 is 10.1 Å². The van der Waals surface area contributed by atoms with Gasteiger partial charge in [-0.05, 0) is 43.1 Å². The fraction of sp³-hybridized carbons (Fsp3) is 0.381. The Morgan fingerprint density at radius 3 is 2.65 bits per heavy atom. The lowest BCUT2D eigenvalue weighted by Crippen LogP contribution is -2.40. The number of benzene rings is 2. The summed E-state index contributed by atoms with van der Waals surface area (Å²) < 4.78 is 43.8. The molecular formula is C21H25ClFN3O4S. The zero-order chi connectivity index (χ0) is 22.6. The number of hydrogen-bond donors (Lipinski definition) is 2. The molecule has 2 N–H and O–H groups in total. The maximum atomic E-state index is 13.1. The number of sulfonamides is 1. The first-order valence-electron chi connectivity index (χ1n) is 9.78. The zero-order valence-corrected chi connectivity index (χ0v) is 18.9. The molecule has 0 spiro atoms. The van der Waals surface area contributed by atoms with E-state index in [4.69, 9.17) is 16.3 Å². The third-order valence-electron chi connectivity index (χ3n) is 5.13. The van der Waals surface area contributed by atoms with Crippen molar-refractivity contribution in [1.82, 2.24) is 10.2 Å². The molecule has 10 heteroatoms. The van der Waals surface area contributed by atoms with Crippen molar-refractivity contribution in [2.24, 2.45) is 0 Å². The minimum atomic E-state index is -3.56. The fourth-order valence-corrected chi connectivity index (χ4v) is 4.47. The average molecular weight is 470 g/mol. The van der Waals surface area contributed by atoms with Crippen molar-refractivity contribution in [3.8, 4) is 5.75 Å². The van der Waals surface area contributed by atoms with Gasteiger partial charge >= 0.3 is 0 Å². The third kappa shape index (κ3) is 6.32. The van der Waals surface area contributed by atoms with Crippen molar-refractivity contribution < 1.29 is 22.3 Å². The Bertz CT molecular complexity index is 1050. The number of halogens is 2. The van der Waals surface area contributed by atoms with Crippen LogP contribution in [0.15, 0.2) is 36.4 Å². The summed E-state index contributed by atoms with van der Waals surface area (Å²) in [5.41, 5.74) is 1.30. The molecule has 1 heterocycles. The quantitative estimate of drug-likeness (QED) is 0.619. The summed E-state index contributed by atoms with van der Waals surface area (Å²) in [5, 5.41) is 3.03. The van der Waals surface area contributed by atoms with Crippen LogP contribution in [0.25, 0.3) is 0 Å². The first kappa shape index (κ1) is 23.3. The molecule has 1 aliphatic heterocycles. The SMILES string of the molecule is COc1cc(Cl)c(NS(C)(=O)=O)cc1C(=O)NCC1CCCN1Cc1ccc(F)cc1. The van der Waals surface area contributed by atoms with Gasteiger partial charge in [0.15, 0.2) is 0 Å². The smallest absolute Gasteiger partial charge is 0.255 e. The maximum Gasteiger partial charge on any atom is 0.255 e. The van der Waals surface area contributed by atoms with Crippen molar-refractivity contribution >= 4 is 33.2 Å². The van der Waals surface area contributed by atoms with Gasteiger partial charge in [0, 0.05) is 25.2 Å². The van der Waals surface area contributed by atoms with Crippen LogP contribution in [-0.2, 0) is 16.6 Å². The number of methoxy groups -OCH3 is 1. The summed E-state index contributed by atoms with van der Waals surface area (Å²) in [6.07, 6.45) is 2.94. The molecule has 1 atom stereocenters. The first-order valence-corrected chi connectivity index (χ1v) is 12.0. The standard InChI is InChI=1S/C21H25ClFN3O4S/c1-30-20-11-18(22)19(25-31(2,28)29)10-17(20)21(27)24-12-16-4-3-9-26(16)13-14-5-7-15(23)8-6-14/h5-8,10-11,16,25H,3-4,9,12-13H2,1-2H3,(H,24,27). The second-order valence-electron chi connectivity index (χ2n) is 7.51. The molecule has 31 heavy (non-hydrogen) atoms. The Balaban J connectivity index is 1.69. The van der Waals surface area contributed by atoms with E-state index in [1.807, 2.05) is 0 Å². The Morgan fingerprint density at radius 2 is 2.00 bits per heavy atom. The van der Waals surface area contributed by atoms with Crippen molar-refractivity contribution in [2.75, 3.05) is 31.2 Å². The number of rotatable bonds is 8. The van der Waals surface area contributed by atoms with E-state index in [0.29, 0.717) is 13.1 Å². The van der Waals surface area contributed by atoms with Crippen LogP contribution < -0.4 is 14.8 Å². The van der Waals surface area contributed by atoms with Crippen LogP contribution in [0.2, 0.25) is 5.02 Å². The molecule has 0 saturated carbocycles. The highest BCUT2D eigenvalue weighted by atomic mass is 35.5.